The number of carboxylic acid groups (broad SMARTS) is 1. The second kappa shape index (κ2) is 14.5. The first-order valence-corrected chi connectivity index (χ1v) is 15.5. The first-order valence-electron chi connectivity index (χ1n) is 14.0. The summed E-state index contributed by atoms with van der Waals surface area (Å²) in [5, 5.41) is 22.8. The molecule has 0 aromatic heterocycles. The molecule has 43 heavy (non-hydrogen) atoms. The van der Waals surface area contributed by atoms with Crippen LogP contribution in [0, 0.1) is 0 Å². The molecule has 0 spiro atoms. The van der Waals surface area contributed by atoms with Crippen molar-refractivity contribution in [3.05, 3.63) is 89.5 Å². The zero-order chi connectivity index (χ0) is 31.8. The van der Waals surface area contributed by atoms with E-state index in [1.807, 2.05) is 32.0 Å². The van der Waals surface area contributed by atoms with Gasteiger partial charge in [-0.1, -0.05) is 54.6 Å². The molecule has 1 atom stereocenters. The Bertz CT molecular complexity index is 1460. The SMILES string of the molecule is CN(C[C@H](O)CNC(C)(C)CCCc1ccccc1)S(=O)(=O)c1cc(-c2ccc(CCC(=O)O)cc2)cc(C(F)(F)F)c1. The number of alkyl halides is 3. The van der Waals surface area contributed by atoms with E-state index in [1.54, 1.807) is 12.1 Å². The first-order chi connectivity index (χ1) is 20.1. The molecule has 234 valence electrons. The molecule has 0 saturated carbocycles. The van der Waals surface area contributed by atoms with E-state index in [0.29, 0.717) is 17.2 Å². The fraction of sp³-hybridized carbons (Fsp3) is 0.406. The van der Waals surface area contributed by atoms with Gasteiger partial charge >= 0.3 is 12.1 Å². The molecule has 0 unspecified atom stereocenters. The Morgan fingerprint density at radius 3 is 2.16 bits per heavy atom. The topological polar surface area (TPSA) is 107 Å². The Balaban J connectivity index is 1.69. The second-order valence-corrected chi connectivity index (χ2v) is 13.4. The summed E-state index contributed by atoms with van der Waals surface area (Å²) in [5.74, 6) is -0.968. The molecular weight excluding hydrogens is 581 g/mol. The number of nitrogens with one attached hydrogen (secondary N) is 1. The predicted molar refractivity (Wildman–Crippen MR) is 160 cm³/mol. The van der Waals surface area contributed by atoms with Crippen molar-refractivity contribution in [2.45, 2.75) is 68.7 Å². The van der Waals surface area contributed by atoms with Gasteiger partial charge in [0.1, 0.15) is 0 Å². The lowest BCUT2D eigenvalue weighted by Crippen LogP contribution is -2.46. The van der Waals surface area contributed by atoms with Gasteiger partial charge in [0, 0.05) is 32.1 Å². The minimum Gasteiger partial charge on any atom is -0.481 e. The fourth-order valence-electron chi connectivity index (χ4n) is 4.69. The third-order valence-electron chi connectivity index (χ3n) is 7.25. The number of carbonyl (C=O) groups is 1. The van der Waals surface area contributed by atoms with Crippen LogP contribution in [0.15, 0.2) is 77.7 Å². The number of sulfonamides is 1. The van der Waals surface area contributed by atoms with Gasteiger partial charge in [-0.05, 0) is 80.0 Å². The van der Waals surface area contributed by atoms with Crippen molar-refractivity contribution in [2.75, 3.05) is 20.1 Å². The van der Waals surface area contributed by atoms with Crippen LogP contribution in [0.2, 0.25) is 0 Å². The molecule has 0 aliphatic rings. The maximum absolute atomic E-state index is 13.8. The highest BCUT2D eigenvalue weighted by Gasteiger charge is 2.34. The van der Waals surface area contributed by atoms with Gasteiger partial charge in [-0.2, -0.15) is 17.5 Å². The minimum absolute atomic E-state index is 0.0473. The number of likely N-dealkylation sites (N-methyl/N-ethyl adjacent to an activating group) is 1. The Hall–Kier alpha value is -3.25. The molecule has 0 heterocycles. The summed E-state index contributed by atoms with van der Waals surface area (Å²) in [4.78, 5) is 10.3. The molecule has 0 aliphatic carbocycles. The number of aliphatic hydroxyl groups excluding tert-OH is 1. The molecule has 0 radical (unpaired) electrons. The largest absolute Gasteiger partial charge is 0.481 e. The van der Waals surface area contributed by atoms with E-state index >= 15 is 0 Å². The quantitative estimate of drug-likeness (QED) is 0.200. The van der Waals surface area contributed by atoms with Crippen molar-refractivity contribution in [3.8, 4) is 11.1 Å². The van der Waals surface area contributed by atoms with Crippen LogP contribution >= 0.6 is 0 Å². The van der Waals surface area contributed by atoms with Gasteiger partial charge in [0.2, 0.25) is 10.0 Å². The van der Waals surface area contributed by atoms with Crippen molar-refractivity contribution in [1.29, 1.82) is 0 Å². The second-order valence-electron chi connectivity index (χ2n) is 11.4. The number of hydrogen-bond acceptors (Lipinski definition) is 5. The molecule has 3 aromatic carbocycles. The van der Waals surface area contributed by atoms with Crippen molar-refractivity contribution in [3.63, 3.8) is 0 Å². The van der Waals surface area contributed by atoms with Crippen LogP contribution in [0.3, 0.4) is 0 Å². The normalized spacial score (nSPS) is 13.3. The third kappa shape index (κ3) is 10.5. The summed E-state index contributed by atoms with van der Waals surface area (Å²) in [6.45, 7) is 3.77. The van der Waals surface area contributed by atoms with Crippen LogP contribution in [-0.4, -0.2) is 60.7 Å². The van der Waals surface area contributed by atoms with E-state index in [0.717, 1.165) is 29.6 Å². The lowest BCUT2D eigenvalue weighted by atomic mass is 9.95. The lowest BCUT2D eigenvalue weighted by molar-refractivity contribution is -0.138. The molecule has 7 nitrogen and oxygen atoms in total. The molecule has 0 aliphatic heterocycles. The number of nitrogens with zero attached hydrogens (tertiary/aromatic N) is 1. The number of aliphatic hydroxyl groups is 1. The molecule has 3 rings (SSSR count). The van der Waals surface area contributed by atoms with E-state index in [-0.39, 0.29) is 37.0 Å². The number of halogens is 3. The number of benzene rings is 3. The van der Waals surface area contributed by atoms with Crippen molar-refractivity contribution < 1.29 is 36.6 Å². The molecule has 3 N–H and O–H groups in total. The van der Waals surface area contributed by atoms with Gasteiger partial charge in [0.25, 0.3) is 0 Å². The molecule has 0 saturated heterocycles. The summed E-state index contributed by atoms with van der Waals surface area (Å²) in [6.07, 6.45) is -3.10. The number of aliphatic carboxylic acids is 1. The maximum Gasteiger partial charge on any atom is 0.416 e. The van der Waals surface area contributed by atoms with E-state index in [9.17, 15) is 31.5 Å². The van der Waals surface area contributed by atoms with Gasteiger partial charge in [0.05, 0.1) is 16.6 Å². The molecule has 0 amide bonds. The van der Waals surface area contributed by atoms with Gasteiger partial charge in [-0.15, -0.1) is 0 Å². The van der Waals surface area contributed by atoms with Gasteiger partial charge in [0.15, 0.2) is 0 Å². The van der Waals surface area contributed by atoms with Crippen LogP contribution in [-0.2, 0) is 33.8 Å². The van der Waals surface area contributed by atoms with Gasteiger partial charge in [-0.3, -0.25) is 4.79 Å². The number of aryl methyl sites for hydroxylation is 2. The smallest absolute Gasteiger partial charge is 0.416 e. The zero-order valence-electron chi connectivity index (χ0n) is 24.6. The molecular formula is C32H39F3N2O5S. The van der Waals surface area contributed by atoms with Crippen LogP contribution in [0.25, 0.3) is 11.1 Å². The van der Waals surface area contributed by atoms with E-state index in [2.05, 4.69) is 17.4 Å². The minimum atomic E-state index is -4.80. The summed E-state index contributed by atoms with van der Waals surface area (Å²) in [7, 11) is -3.17. The van der Waals surface area contributed by atoms with Crippen LogP contribution in [0.5, 0.6) is 0 Å². The number of hydrogen-bond donors (Lipinski definition) is 3. The summed E-state index contributed by atoms with van der Waals surface area (Å²) in [5.41, 5.74) is 0.871. The number of carboxylic acids is 1. The third-order valence-corrected chi connectivity index (χ3v) is 9.05. The Kier molecular flexibility index (Phi) is 11.5. The maximum atomic E-state index is 13.8. The summed E-state index contributed by atoms with van der Waals surface area (Å²) < 4.78 is 69.0. The first kappa shape index (κ1) is 34.2. The van der Waals surface area contributed by atoms with E-state index in [4.69, 9.17) is 5.11 Å². The van der Waals surface area contributed by atoms with Crippen molar-refractivity contribution >= 4 is 16.0 Å². The zero-order valence-corrected chi connectivity index (χ0v) is 25.4. The Morgan fingerprint density at radius 2 is 1.56 bits per heavy atom. The van der Waals surface area contributed by atoms with E-state index < -0.39 is 38.7 Å². The van der Waals surface area contributed by atoms with Gasteiger partial charge < -0.3 is 15.5 Å². The van der Waals surface area contributed by atoms with Crippen LogP contribution in [0.1, 0.15) is 49.8 Å². The average molecular weight is 621 g/mol. The molecule has 0 bridgehead atoms. The molecule has 3 aromatic rings. The predicted octanol–water partition coefficient (Wildman–Crippen LogP) is 5.76. The number of rotatable bonds is 15. The van der Waals surface area contributed by atoms with Gasteiger partial charge in [-0.25, -0.2) is 8.42 Å². The summed E-state index contributed by atoms with van der Waals surface area (Å²) >= 11 is 0. The van der Waals surface area contributed by atoms with Crippen molar-refractivity contribution in [1.82, 2.24) is 9.62 Å². The fourth-order valence-corrected chi connectivity index (χ4v) is 5.97. The Morgan fingerprint density at radius 1 is 0.930 bits per heavy atom. The highest BCUT2D eigenvalue weighted by Crippen LogP contribution is 2.35. The average Bonchev–Trinajstić information content (AvgIpc) is 2.95. The van der Waals surface area contributed by atoms with Crippen LogP contribution < -0.4 is 5.32 Å². The number of β-amino-alcohol motifs (C(OH)–C–C–N with tert-alkyl or cyclic N) is 1. The lowest BCUT2D eigenvalue weighted by Gasteiger charge is -2.29. The van der Waals surface area contributed by atoms with Crippen LogP contribution in [0.4, 0.5) is 13.2 Å². The van der Waals surface area contributed by atoms with E-state index in [1.165, 1.54) is 30.8 Å². The molecule has 11 heteroatoms. The monoisotopic (exact) mass is 620 g/mol. The highest BCUT2D eigenvalue weighted by molar-refractivity contribution is 7.89. The molecule has 0 fully saturated rings. The Labute approximate surface area is 251 Å². The summed E-state index contributed by atoms with van der Waals surface area (Å²) in [6, 6.07) is 19.0. The van der Waals surface area contributed by atoms with Crippen molar-refractivity contribution in [2.24, 2.45) is 0 Å². The highest BCUT2D eigenvalue weighted by atomic mass is 32.2. The standard InChI is InChI=1S/C32H39F3N2O5S/c1-31(2,17-7-10-23-8-5-4-6-9-23)36-21-28(38)22-37(3)43(41,42)29-19-26(18-27(20-29)32(33,34)35)25-14-11-24(12-15-25)13-16-30(39)40/h4-6,8-9,11-12,14-15,18-20,28,36,38H,7,10,13,16-17,21-22H2,1-3H3,(H,39,40)/t28-/m1/s1.